The molecule has 0 radical (unpaired) electrons. The van der Waals surface area contributed by atoms with Gasteiger partial charge in [-0.15, -0.1) is 0 Å². The van der Waals surface area contributed by atoms with Crippen molar-refractivity contribution in [3.8, 4) is 11.5 Å². The van der Waals surface area contributed by atoms with Crippen LogP contribution in [0.5, 0.6) is 11.5 Å². The summed E-state index contributed by atoms with van der Waals surface area (Å²) >= 11 is 0. The summed E-state index contributed by atoms with van der Waals surface area (Å²) in [6.45, 7) is 3.30. The van der Waals surface area contributed by atoms with E-state index in [1.807, 2.05) is 37.3 Å². The lowest BCUT2D eigenvalue weighted by Gasteiger charge is -2.11. The molecule has 0 unspecified atom stereocenters. The number of ether oxygens (including phenoxy) is 2. The van der Waals surface area contributed by atoms with Gasteiger partial charge in [0, 0.05) is 7.11 Å². The molecule has 0 saturated carbocycles. The summed E-state index contributed by atoms with van der Waals surface area (Å²) in [5.41, 5.74) is 9.03. The fourth-order valence-electron chi connectivity index (χ4n) is 2.14. The van der Waals surface area contributed by atoms with E-state index in [1.54, 1.807) is 7.11 Å². The minimum atomic E-state index is 0.589. The average molecular weight is 271 g/mol. The molecule has 0 amide bonds. The Kier molecular flexibility index (Phi) is 5.16. The van der Waals surface area contributed by atoms with Crippen LogP contribution >= 0.6 is 0 Å². The Morgan fingerprint density at radius 2 is 1.90 bits per heavy atom. The van der Waals surface area contributed by atoms with Gasteiger partial charge in [0.15, 0.2) is 0 Å². The normalized spacial score (nSPS) is 10.6. The fourth-order valence-corrected chi connectivity index (χ4v) is 2.14. The molecule has 2 rings (SSSR count). The number of methoxy groups -OCH3 is 1. The lowest BCUT2D eigenvalue weighted by Crippen LogP contribution is -2.02. The van der Waals surface area contributed by atoms with Gasteiger partial charge in [0.25, 0.3) is 0 Å². The molecule has 2 aromatic rings. The first-order valence-electron chi connectivity index (χ1n) is 6.78. The third kappa shape index (κ3) is 3.83. The van der Waals surface area contributed by atoms with Crippen LogP contribution in [0.2, 0.25) is 0 Å². The van der Waals surface area contributed by atoms with E-state index < -0.39 is 0 Å². The zero-order valence-electron chi connectivity index (χ0n) is 12.1. The Labute approximate surface area is 120 Å². The fraction of sp³-hybridized carbons (Fsp3) is 0.294. The van der Waals surface area contributed by atoms with Crippen LogP contribution in [-0.4, -0.2) is 13.7 Å². The summed E-state index contributed by atoms with van der Waals surface area (Å²) < 4.78 is 11.1. The minimum Gasteiger partial charge on any atom is -0.457 e. The molecule has 3 nitrogen and oxygen atoms in total. The van der Waals surface area contributed by atoms with Crippen molar-refractivity contribution in [3.05, 3.63) is 59.2 Å². The van der Waals surface area contributed by atoms with Crippen LogP contribution in [-0.2, 0) is 17.8 Å². The highest BCUT2D eigenvalue weighted by molar-refractivity contribution is 5.40. The molecule has 0 saturated heterocycles. The van der Waals surface area contributed by atoms with E-state index in [-0.39, 0.29) is 0 Å². The second-order valence-electron chi connectivity index (χ2n) is 4.82. The molecule has 0 aliphatic rings. The van der Waals surface area contributed by atoms with Crippen molar-refractivity contribution in [1.82, 2.24) is 0 Å². The Balaban J connectivity index is 2.15. The number of hydrogen-bond donors (Lipinski definition) is 1. The smallest absolute Gasteiger partial charge is 0.130 e. The van der Waals surface area contributed by atoms with Crippen LogP contribution in [0.25, 0.3) is 0 Å². The van der Waals surface area contributed by atoms with Crippen molar-refractivity contribution >= 4 is 0 Å². The molecule has 0 fully saturated rings. The van der Waals surface area contributed by atoms with E-state index in [2.05, 4.69) is 12.1 Å². The van der Waals surface area contributed by atoms with Crippen LogP contribution in [0, 0.1) is 6.92 Å². The van der Waals surface area contributed by atoms with Gasteiger partial charge in [-0.25, -0.2) is 0 Å². The molecule has 20 heavy (non-hydrogen) atoms. The van der Waals surface area contributed by atoms with Gasteiger partial charge < -0.3 is 15.2 Å². The number of nitrogens with two attached hydrogens (primary N) is 1. The minimum absolute atomic E-state index is 0.589. The van der Waals surface area contributed by atoms with Crippen LogP contribution < -0.4 is 10.5 Å². The van der Waals surface area contributed by atoms with Gasteiger partial charge >= 0.3 is 0 Å². The molecule has 0 spiro atoms. The van der Waals surface area contributed by atoms with Crippen LogP contribution in [0.1, 0.15) is 16.7 Å². The molecule has 0 atom stereocenters. The van der Waals surface area contributed by atoms with Gasteiger partial charge in [-0.3, -0.25) is 0 Å². The number of hydrogen-bond acceptors (Lipinski definition) is 3. The lowest BCUT2D eigenvalue weighted by molar-refractivity contribution is 0.184. The Bertz CT molecular complexity index is 567. The molecule has 0 aliphatic carbocycles. The molecule has 3 heteroatoms. The van der Waals surface area contributed by atoms with Gasteiger partial charge in [0.05, 0.1) is 6.61 Å². The van der Waals surface area contributed by atoms with Gasteiger partial charge in [-0.2, -0.15) is 0 Å². The molecule has 0 aliphatic heterocycles. The summed E-state index contributed by atoms with van der Waals surface area (Å²) in [7, 11) is 1.69. The van der Waals surface area contributed by atoms with Gasteiger partial charge in [-0.1, -0.05) is 24.3 Å². The van der Waals surface area contributed by atoms with E-state index in [9.17, 15) is 0 Å². The monoisotopic (exact) mass is 271 g/mol. The van der Waals surface area contributed by atoms with Gasteiger partial charge in [-0.05, 0) is 54.8 Å². The summed E-state index contributed by atoms with van der Waals surface area (Å²) in [6.07, 6.45) is 0.893. The van der Waals surface area contributed by atoms with Crippen molar-refractivity contribution in [2.45, 2.75) is 20.0 Å². The lowest BCUT2D eigenvalue weighted by atomic mass is 10.1. The maximum absolute atomic E-state index is 5.94. The molecule has 0 heterocycles. The first-order chi connectivity index (χ1) is 9.72. The molecular weight excluding hydrogens is 250 g/mol. The Hall–Kier alpha value is -1.84. The zero-order chi connectivity index (χ0) is 14.4. The topological polar surface area (TPSA) is 44.5 Å². The van der Waals surface area contributed by atoms with E-state index in [0.29, 0.717) is 13.2 Å². The first kappa shape index (κ1) is 14.6. The van der Waals surface area contributed by atoms with Crippen LogP contribution in [0.3, 0.4) is 0 Å². The van der Waals surface area contributed by atoms with Crippen molar-refractivity contribution in [2.24, 2.45) is 5.73 Å². The molecular formula is C17H21NO2. The maximum atomic E-state index is 5.94. The molecule has 106 valence electrons. The van der Waals surface area contributed by atoms with E-state index in [1.165, 1.54) is 5.56 Å². The predicted molar refractivity (Wildman–Crippen MR) is 81.2 cm³/mol. The highest BCUT2D eigenvalue weighted by atomic mass is 16.5. The maximum Gasteiger partial charge on any atom is 0.130 e. The molecule has 2 aromatic carbocycles. The van der Waals surface area contributed by atoms with Crippen LogP contribution in [0.15, 0.2) is 42.5 Å². The Morgan fingerprint density at radius 1 is 1.05 bits per heavy atom. The molecule has 0 aromatic heterocycles. The number of benzene rings is 2. The summed E-state index contributed by atoms with van der Waals surface area (Å²) in [5, 5.41) is 0. The van der Waals surface area contributed by atoms with E-state index >= 15 is 0 Å². The quantitative estimate of drug-likeness (QED) is 0.875. The van der Waals surface area contributed by atoms with Gasteiger partial charge in [0.2, 0.25) is 0 Å². The Morgan fingerprint density at radius 3 is 2.60 bits per heavy atom. The standard InChI is InChI=1S/C17H21NO2/c1-13-10-14(8-9-18)6-7-17(13)20-16-5-3-4-15(11-16)12-19-2/h3-7,10-11H,8-9,12,18H2,1-2H3. The second kappa shape index (κ2) is 7.08. The number of rotatable bonds is 6. The van der Waals surface area contributed by atoms with Crippen molar-refractivity contribution in [2.75, 3.05) is 13.7 Å². The SMILES string of the molecule is COCc1cccc(Oc2ccc(CCN)cc2C)c1. The largest absolute Gasteiger partial charge is 0.457 e. The third-order valence-corrected chi connectivity index (χ3v) is 3.11. The summed E-state index contributed by atoms with van der Waals surface area (Å²) in [4.78, 5) is 0. The van der Waals surface area contributed by atoms with E-state index in [4.69, 9.17) is 15.2 Å². The highest BCUT2D eigenvalue weighted by Gasteiger charge is 2.04. The molecule has 2 N–H and O–H groups in total. The van der Waals surface area contributed by atoms with Gasteiger partial charge in [0.1, 0.15) is 11.5 Å². The molecule has 0 bridgehead atoms. The summed E-state index contributed by atoms with van der Waals surface area (Å²) in [6, 6.07) is 14.1. The van der Waals surface area contributed by atoms with Crippen molar-refractivity contribution < 1.29 is 9.47 Å². The summed E-state index contributed by atoms with van der Waals surface area (Å²) in [5.74, 6) is 1.70. The second-order valence-corrected chi connectivity index (χ2v) is 4.82. The predicted octanol–water partition coefficient (Wildman–Crippen LogP) is 3.43. The number of aryl methyl sites for hydroxylation is 1. The third-order valence-electron chi connectivity index (χ3n) is 3.11. The highest BCUT2D eigenvalue weighted by Crippen LogP contribution is 2.26. The van der Waals surface area contributed by atoms with Crippen LogP contribution in [0.4, 0.5) is 0 Å². The van der Waals surface area contributed by atoms with Crippen molar-refractivity contribution in [3.63, 3.8) is 0 Å². The van der Waals surface area contributed by atoms with Crippen molar-refractivity contribution in [1.29, 1.82) is 0 Å². The first-order valence-corrected chi connectivity index (χ1v) is 6.78. The van der Waals surface area contributed by atoms with E-state index in [0.717, 1.165) is 29.0 Å². The average Bonchev–Trinajstić information content (AvgIpc) is 2.43. The zero-order valence-corrected chi connectivity index (χ0v) is 12.1.